The summed E-state index contributed by atoms with van der Waals surface area (Å²) in [6.45, 7) is 0. The molecular weight excluding hydrogens is 406 g/mol. The first-order chi connectivity index (χ1) is 14.7. The van der Waals surface area contributed by atoms with Crippen molar-refractivity contribution in [3.63, 3.8) is 0 Å². The van der Waals surface area contributed by atoms with E-state index in [2.05, 4.69) is 15.2 Å². The summed E-state index contributed by atoms with van der Waals surface area (Å²) in [6, 6.07) is 13.3. The number of oxazole rings is 1. The molecule has 9 heteroatoms. The number of hydrogen-bond donors (Lipinski definition) is 0. The fourth-order valence-corrected chi connectivity index (χ4v) is 3.44. The van der Waals surface area contributed by atoms with Crippen molar-refractivity contribution in [3.8, 4) is 40.0 Å². The molecule has 0 unspecified atom stereocenters. The molecule has 0 aliphatic heterocycles. The molecule has 0 atom stereocenters. The zero-order chi connectivity index (χ0) is 20.9. The summed E-state index contributed by atoms with van der Waals surface area (Å²) in [5.74, 6) is 3.61. The minimum absolute atomic E-state index is 0.342. The molecule has 0 saturated heterocycles. The first kappa shape index (κ1) is 19.8. The van der Waals surface area contributed by atoms with Crippen molar-refractivity contribution in [1.82, 2.24) is 15.2 Å². The Morgan fingerprint density at radius 3 is 2.27 bits per heavy atom. The summed E-state index contributed by atoms with van der Waals surface area (Å²) in [4.78, 5) is 4.31. The van der Waals surface area contributed by atoms with Gasteiger partial charge in [0.25, 0.3) is 5.22 Å². The Morgan fingerprint density at radius 2 is 1.60 bits per heavy atom. The number of ether oxygens (including phenoxy) is 3. The van der Waals surface area contributed by atoms with Gasteiger partial charge in [-0.3, -0.25) is 0 Å². The Hall–Kier alpha value is -3.46. The van der Waals surface area contributed by atoms with Gasteiger partial charge in [-0.25, -0.2) is 4.98 Å². The van der Waals surface area contributed by atoms with Gasteiger partial charge in [-0.05, 0) is 12.1 Å². The summed E-state index contributed by atoms with van der Waals surface area (Å²) in [5, 5.41) is 8.61. The molecule has 0 amide bonds. The highest BCUT2D eigenvalue weighted by atomic mass is 32.2. The van der Waals surface area contributed by atoms with Crippen LogP contribution in [-0.4, -0.2) is 36.5 Å². The van der Waals surface area contributed by atoms with Gasteiger partial charge in [-0.1, -0.05) is 42.1 Å². The fourth-order valence-electron chi connectivity index (χ4n) is 2.83. The number of hydrogen-bond acceptors (Lipinski definition) is 9. The van der Waals surface area contributed by atoms with Crippen LogP contribution in [-0.2, 0) is 5.75 Å². The Kier molecular flexibility index (Phi) is 5.89. The molecule has 0 N–H and O–H groups in total. The van der Waals surface area contributed by atoms with Crippen LogP contribution in [0.5, 0.6) is 17.2 Å². The molecule has 154 valence electrons. The molecule has 0 bridgehead atoms. The van der Waals surface area contributed by atoms with Crippen LogP contribution in [0.2, 0.25) is 0 Å². The molecule has 2 heterocycles. The summed E-state index contributed by atoms with van der Waals surface area (Å²) in [7, 11) is 4.65. The monoisotopic (exact) mass is 425 g/mol. The summed E-state index contributed by atoms with van der Waals surface area (Å²) >= 11 is 1.34. The van der Waals surface area contributed by atoms with E-state index in [9.17, 15) is 0 Å². The van der Waals surface area contributed by atoms with Crippen molar-refractivity contribution in [2.45, 2.75) is 11.0 Å². The molecule has 30 heavy (non-hydrogen) atoms. The van der Waals surface area contributed by atoms with Crippen LogP contribution < -0.4 is 14.2 Å². The quantitative estimate of drug-likeness (QED) is 0.372. The normalized spacial score (nSPS) is 10.8. The smallest absolute Gasteiger partial charge is 0.277 e. The van der Waals surface area contributed by atoms with Crippen molar-refractivity contribution in [2.24, 2.45) is 0 Å². The average molecular weight is 425 g/mol. The Balaban J connectivity index is 1.48. The summed E-state index contributed by atoms with van der Waals surface area (Å²) in [5.41, 5.74) is 1.63. The molecule has 2 aromatic carbocycles. The van der Waals surface area contributed by atoms with Crippen LogP contribution in [0.3, 0.4) is 0 Å². The molecule has 8 nitrogen and oxygen atoms in total. The number of rotatable bonds is 8. The predicted molar refractivity (Wildman–Crippen MR) is 111 cm³/mol. The van der Waals surface area contributed by atoms with E-state index in [0.717, 1.165) is 11.3 Å². The lowest BCUT2D eigenvalue weighted by molar-refractivity contribution is 0.324. The highest BCUT2D eigenvalue weighted by Crippen LogP contribution is 2.41. The topological polar surface area (TPSA) is 92.6 Å². The van der Waals surface area contributed by atoms with E-state index in [1.165, 1.54) is 11.8 Å². The Bertz CT molecular complexity index is 1100. The number of nitrogens with zero attached hydrogens (tertiary/aromatic N) is 3. The summed E-state index contributed by atoms with van der Waals surface area (Å²) < 4.78 is 27.7. The van der Waals surface area contributed by atoms with E-state index in [4.69, 9.17) is 23.0 Å². The fraction of sp³-hybridized carbons (Fsp3) is 0.190. The lowest BCUT2D eigenvalue weighted by atomic mass is 10.2. The number of thioether (sulfide) groups is 1. The molecule has 4 aromatic rings. The van der Waals surface area contributed by atoms with Crippen LogP contribution in [0.15, 0.2) is 62.7 Å². The maximum Gasteiger partial charge on any atom is 0.277 e. The van der Waals surface area contributed by atoms with Crippen LogP contribution in [0.25, 0.3) is 22.8 Å². The molecule has 0 aliphatic rings. The zero-order valence-electron chi connectivity index (χ0n) is 16.6. The molecule has 0 fully saturated rings. The summed E-state index contributed by atoms with van der Waals surface area (Å²) in [6.07, 6.45) is 1.71. The van der Waals surface area contributed by atoms with E-state index >= 15 is 0 Å². The second-order valence-corrected chi connectivity index (χ2v) is 6.99. The second-order valence-electron chi connectivity index (χ2n) is 6.06. The molecule has 0 spiro atoms. The maximum absolute atomic E-state index is 5.80. The highest BCUT2D eigenvalue weighted by molar-refractivity contribution is 7.98. The van der Waals surface area contributed by atoms with Gasteiger partial charge in [0.1, 0.15) is 0 Å². The van der Waals surface area contributed by atoms with Gasteiger partial charge in [0, 0.05) is 11.1 Å². The lowest BCUT2D eigenvalue weighted by Gasteiger charge is -2.12. The second kappa shape index (κ2) is 8.91. The third-order valence-electron chi connectivity index (χ3n) is 4.25. The van der Waals surface area contributed by atoms with E-state index in [0.29, 0.717) is 45.6 Å². The molecule has 4 rings (SSSR count). The Labute approximate surface area is 177 Å². The molecular formula is C21H19N3O5S. The number of methoxy groups -OCH3 is 3. The third-order valence-corrected chi connectivity index (χ3v) is 5.05. The molecule has 0 saturated carbocycles. The van der Waals surface area contributed by atoms with Gasteiger partial charge < -0.3 is 23.0 Å². The van der Waals surface area contributed by atoms with E-state index in [-0.39, 0.29) is 0 Å². The lowest BCUT2D eigenvalue weighted by Crippen LogP contribution is -1.95. The molecule has 0 radical (unpaired) electrons. The minimum atomic E-state index is 0.342. The van der Waals surface area contributed by atoms with E-state index in [1.807, 2.05) is 30.3 Å². The SMILES string of the molecule is COc1cc(-c2nnc(SCc3ncc(-c4ccccc4)o3)o2)cc(OC)c1OC. The first-order valence-electron chi connectivity index (χ1n) is 8.98. The van der Waals surface area contributed by atoms with Gasteiger partial charge in [0.15, 0.2) is 17.3 Å². The van der Waals surface area contributed by atoms with E-state index in [1.54, 1.807) is 39.7 Å². The standard InChI is InChI=1S/C21H19N3O5S/c1-25-15-9-14(10-16(26-2)19(15)27-3)20-23-24-21(29-20)30-12-18-22-11-17(28-18)13-7-5-4-6-8-13/h4-11H,12H2,1-3H3. The third kappa shape index (κ3) is 4.11. The van der Waals surface area contributed by atoms with Crippen LogP contribution in [0.4, 0.5) is 0 Å². The molecule has 0 aliphatic carbocycles. The van der Waals surface area contributed by atoms with Gasteiger partial charge in [-0.15, -0.1) is 10.2 Å². The highest BCUT2D eigenvalue weighted by Gasteiger charge is 2.18. The Morgan fingerprint density at radius 1 is 0.867 bits per heavy atom. The first-order valence-corrected chi connectivity index (χ1v) is 9.97. The largest absolute Gasteiger partial charge is 0.493 e. The van der Waals surface area contributed by atoms with Crippen molar-refractivity contribution in [2.75, 3.05) is 21.3 Å². The predicted octanol–water partition coefficient (Wildman–Crippen LogP) is 4.71. The molecule has 2 aromatic heterocycles. The van der Waals surface area contributed by atoms with Crippen molar-refractivity contribution in [1.29, 1.82) is 0 Å². The van der Waals surface area contributed by atoms with E-state index < -0.39 is 0 Å². The van der Waals surface area contributed by atoms with Crippen LogP contribution >= 0.6 is 11.8 Å². The number of aromatic nitrogens is 3. The average Bonchev–Trinajstić information content (AvgIpc) is 3.47. The van der Waals surface area contributed by atoms with Gasteiger partial charge in [-0.2, -0.15) is 0 Å². The van der Waals surface area contributed by atoms with Crippen molar-refractivity contribution >= 4 is 11.8 Å². The van der Waals surface area contributed by atoms with Gasteiger partial charge in [0.05, 0.1) is 33.3 Å². The van der Waals surface area contributed by atoms with Gasteiger partial charge >= 0.3 is 0 Å². The van der Waals surface area contributed by atoms with Crippen LogP contribution in [0, 0.1) is 0 Å². The zero-order valence-corrected chi connectivity index (χ0v) is 17.4. The van der Waals surface area contributed by atoms with Crippen molar-refractivity contribution < 1.29 is 23.0 Å². The minimum Gasteiger partial charge on any atom is -0.493 e. The van der Waals surface area contributed by atoms with Crippen molar-refractivity contribution in [3.05, 3.63) is 54.6 Å². The van der Waals surface area contributed by atoms with Crippen LogP contribution in [0.1, 0.15) is 5.89 Å². The van der Waals surface area contributed by atoms with Gasteiger partial charge in [0.2, 0.25) is 17.5 Å². The maximum atomic E-state index is 5.80. The number of benzene rings is 2.